The van der Waals surface area contributed by atoms with Crippen molar-refractivity contribution in [3.63, 3.8) is 0 Å². The molecule has 0 atom stereocenters. The molecule has 0 aliphatic carbocycles. The van der Waals surface area contributed by atoms with Gasteiger partial charge in [0.05, 0.1) is 5.69 Å². The number of nitrogens with one attached hydrogen (secondary N) is 2. The van der Waals surface area contributed by atoms with Crippen LogP contribution in [0.15, 0.2) is 30.5 Å². The van der Waals surface area contributed by atoms with Gasteiger partial charge in [0.15, 0.2) is 0 Å². The molecule has 0 radical (unpaired) electrons. The van der Waals surface area contributed by atoms with Gasteiger partial charge in [0.1, 0.15) is 5.75 Å². The van der Waals surface area contributed by atoms with Crippen LogP contribution in [0.3, 0.4) is 0 Å². The van der Waals surface area contributed by atoms with E-state index < -0.39 is 0 Å². The summed E-state index contributed by atoms with van der Waals surface area (Å²) in [4.78, 5) is 13.0. The molecule has 0 bridgehead atoms. The van der Waals surface area contributed by atoms with Crippen molar-refractivity contribution in [2.24, 2.45) is 0 Å². The lowest BCUT2D eigenvalue weighted by atomic mass is 10.2. The van der Waals surface area contributed by atoms with E-state index in [4.69, 9.17) is 0 Å². The summed E-state index contributed by atoms with van der Waals surface area (Å²) in [6, 6.07) is 7.44. The predicted molar refractivity (Wildman–Crippen MR) is 58.2 cm³/mol. The molecule has 0 aliphatic heterocycles. The minimum absolute atomic E-state index is 0.189. The molecule has 76 valence electrons. The molecule has 0 aliphatic rings. The second-order valence-corrected chi connectivity index (χ2v) is 3.05. The Kier molecular flexibility index (Phi) is 2.41. The Morgan fingerprint density at radius 3 is 2.87 bits per heavy atom. The van der Waals surface area contributed by atoms with Gasteiger partial charge < -0.3 is 15.4 Å². The number of H-pyrrole nitrogens is 1. The van der Waals surface area contributed by atoms with Gasteiger partial charge >= 0.3 is 0 Å². The van der Waals surface area contributed by atoms with Gasteiger partial charge in [0, 0.05) is 17.1 Å². The lowest BCUT2D eigenvalue weighted by molar-refractivity contribution is -0.108. The fraction of sp³-hybridized carbons (Fsp3) is 0. The monoisotopic (exact) mass is 202 g/mol. The van der Waals surface area contributed by atoms with Gasteiger partial charge in [-0.25, -0.2) is 0 Å². The minimum atomic E-state index is 0.189. The lowest BCUT2D eigenvalue weighted by Crippen LogP contribution is -1.97. The molecule has 1 heterocycles. The molecule has 2 rings (SSSR count). The van der Waals surface area contributed by atoms with Gasteiger partial charge in [0.25, 0.3) is 0 Å². The number of benzene rings is 1. The van der Waals surface area contributed by atoms with Crippen molar-refractivity contribution in [2.45, 2.75) is 0 Å². The van der Waals surface area contributed by atoms with Gasteiger partial charge in [-0.3, -0.25) is 4.79 Å². The molecule has 0 spiro atoms. The number of aromatic hydroxyl groups is 1. The number of para-hydroxylation sites is 1. The highest BCUT2D eigenvalue weighted by Gasteiger charge is 2.06. The standard InChI is InChI=1S/C11H10N2O2/c14-7-12-6-5-10-11(15)8-3-1-2-4-9(8)13-10/h1-7,13,15H,(H,12,14). The summed E-state index contributed by atoms with van der Waals surface area (Å²) < 4.78 is 0. The number of carbonyl (C=O) groups is 1. The highest BCUT2D eigenvalue weighted by molar-refractivity contribution is 5.90. The zero-order valence-corrected chi connectivity index (χ0v) is 7.90. The van der Waals surface area contributed by atoms with E-state index in [9.17, 15) is 9.90 Å². The third-order valence-corrected chi connectivity index (χ3v) is 2.12. The molecule has 0 fully saturated rings. The van der Waals surface area contributed by atoms with Gasteiger partial charge in [-0.15, -0.1) is 0 Å². The van der Waals surface area contributed by atoms with E-state index in [2.05, 4.69) is 10.3 Å². The van der Waals surface area contributed by atoms with Crippen LogP contribution in [0.4, 0.5) is 0 Å². The van der Waals surface area contributed by atoms with Crippen molar-refractivity contribution in [2.75, 3.05) is 0 Å². The van der Waals surface area contributed by atoms with E-state index in [0.29, 0.717) is 12.1 Å². The van der Waals surface area contributed by atoms with E-state index in [-0.39, 0.29) is 5.75 Å². The van der Waals surface area contributed by atoms with E-state index in [1.807, 2.05) is 24.3 Å². The molecule has 0 saturated heterocycles. The second kappa shape index (κ2) is 3.88. The van der Waals surface area contributed by atoms with Crippen LogP contribution < -0.4 is 5.32 Å². The summed E-state index contributed by atoms with van der Waals surface area (Å²) in [7, 11) is 0. The smallest absolute Gasteiger partial charge is 0.211 e. The first kappa shape index (κ1) is 9.33. The molecule has 0 saturated carbocycles. The molecule has 1 aromatic heterocycles. The first-order chi connectivity index (χ1) is 7.33. The van der Waals surface area contributed by atoms with Crippen LogP contribution in [0.1, 0.15) is 5.69 Å². The normalized spacial score (nSPS) is 10.9. The van der Waals surface area contributed by atoms with Crippen LogP contribution >= 0.6 is 0 Å². The number of aromatic amines is 1. The first-order valence-electron chi connectivity index (χ1n) is 4.49. The highest BCUT2D eigenvalue weighted by atomic mass is 16.3. The Bertz CT molecular complexity index is 514. The highest BCUT2D eigenvalue weighted by Crippen LogP contribution is 2.28. The quantitative estimate of drug-likeness (QED) is 0.662. The number of fused-ring (bicyclic) bond motifs is 1. The molecule has 15 heavy (non-hydrogen) atoms. The minimum Gasteiger partial charge on any atom is -0.505 e. The fourth-order valence-electron chi connectivity index (χ4n) is 1.44. The van der Waals surface area contributed by atoms with Crippen LogP contribution in [0.25, 0.3) is 17.0 Å². The lowest BCUT2D eigenvalue weighted by Gasteiger charge is -1.89. The van der Waals surface area contributed by atoms with Crippen LogP contribution in [0, 0.1) is 0 Å². The largest absolute Gasteiger partial charge is 0.505 e. The molecule has 1 aromatic carbocycles. The van der Waals surface area contributed by atoms with Gasteiger partial charge in [-0.2, -0.15) is 0 Å². The SMILES string of the molecule is O=CNC=Cc1[nH]c2ccccc2c1O. The molecular weight excluding hydrogens is 192 g/mol. The maximum atomic E-state index is 10.0. The topological polar surface area (TPSA) is 65.1 Å². The van der Waals surface area contributed by atoms with E-state index in [0.717, 1.165) is 10.9 Å². The van der Waals surface area contributed by atoms with Gasteiger partial charge in [0.2, 0.25) is 6.41 Å². The molecule has 1 amide bonds. The summed E-state index contributed by atoms with van der Waals surface area (Å²) in [5, 5.41) is 12.9. The number of carbonyl (C=O) groups excluding carboxylic acids is 1. The third-order valence-electron chi connectivity index (χ3n) is 2.12. The van der Waals surface area contributed by atoms with E-state index in [1.165, 1.54) is 6.20 Å². The molecule has 0 unspecified atom stereocenters. The number of amides is 1. The van der Waals surface area contributed by atoms with Gasteiger partial charge in [-0.1, -0.05) is 12.1 Å². The van der Waals surface area contributed by atoms with Crippen molar-refractivity contribution >= 4 is 23.4 Å². The summed E-state index contributed by atoms with van der Waals surface area (Å²) in [6.07, 6.45) is 3.62. The zero-order chi connectivity index (χ0) is 10.7. The fourth-order valence-corrected chi connectivity index (χ4v) is 1.44. The van der Waals surface area contributed by atoms with Crippen LogP contribution in [0.2, 0.25) is 0 Å². The van der Waals surface area contributed by atoms with Crippen LogP contribution in [-0.2, 0) is 4.79 Å². The molecule has 3 N–H and O–H groups in total. The predicted octanol–water partition coefficient (Wildman–Crippen LogP) is 1.59. The number of aromatic nitrogens is 1. The van der Waals surface area contributed by atoms with Gasteiger partial charge in [-0.05, 0) is 18.2 Å². The summed E-state index contributed by atoms with van der Waals surface area (Å²) >= 11 is 0. The Morgan fingerprint density at radius 1 is 1.33 bits per heavy atom. The van der Waals surface area contributed by atoms with Crippen molar-refractivity contribution in [3.8, 4) is 5.75 Å². The van der Waals surface area contributed by atoms with E-state index >= 15 is 0 Å². The number of hydrogen-bond acceptors (Lipinski definition) is 2. The molecular formula is C11H10N2O2. The third kappa shape index (κ3) is 1.69. The number of rotatable bonds is 3. The molecule has 2 aromatic rings. The Morgan fingerprint density at radius 2 is 2.13 bits per heavy atom. The van der Waals surface area contributed by atoms with Crippen molar-refractivity contribution in [3.05, 3.63) is 36.2 Å². The summed E-state index contributed by atoms with van der Waals surface area (Å²) in [5.41, 5.74) is 1.44. The molecule has 4 heteroatoms. The van der Waals surface area contributed by atoms with Crippen molar-refractivity contribution in [1.82, 2.24) is 10.3 Å². The average Bonchev–Trinajstić information content (AvgIpc) is 2.57. The van der Waals surface area contributed by atoms with E-state index in [1.54, 1.807) is 6.08 Å². The summed E-state index contributed by atoms with van der Waals surface area (Å²) in [5.74, 6) is 0.189. The number of hydrogen-bond donors (Lipinski definition) is 3. The Balaban J connectivity index is 2.44. The summed E-state index contributed by atoms with van der Waals surface area (Å²) in [6.45, 7) is 0. The van der Waals surface area contributed by atoms with Crippen molar-refractivity contribution < 1.29 is 9.90 Å². The van der Waals surface area contributed by atoms with Crippen LogP contribution in [0.5, 0.6) is 5.75 Å². The first-order valence-corrected chi connectivity index (χ1v) is 4.49. The Hall–Kier alpha value is -2.23. The maximum absolute atomic E-state index is 10.0. The Labute approximate surface area is 86.2 Å². The maximum Gasteiger partial charge on any atom is 0.211 e. The van der Waals surface area contributed by atoms with Crippen LogP contribution in [-0.4, -0.2) is 16.5 Å². The molecule has 4 nitrogen and oxygen atoms in total. The average molecular weight is 202 g/mol. The second-order valence-electron chi connectivity index (χ2n) is 3.05. The zero-order valence-electron chi connectivity index (χ0n) is 7.90. The van der Waals surface area contributed by atoms with Crippen molar-refractivity contribution in [1.29, 1.82) is 0 Å².